The van der Waals surface area contributed by atoms with Gasteiger partial charge in [-0.25, -0.2) is 0 Å². The smallest absolute Gasteiger partial charge is 0.150 e. The first-order valence-electron chi connectivity index (χ1n) is 16.0. The Labute approximate surface area is 268 Å². The normalized spacial score (nSPS) is 19.1. The molecule has 236 valence electrons. The van der Waals surface area contributed by atoms with Gasteiger partial charge >= 0.3 is 0 Å². The van der Waals surface area contributed by atoms with E-state index in [2.05, 4.69) is 79.1 Å². The van der Waals surface area contributed by atoms with Gasteiger partial charge in [0.05, 0.1) is 11.8 Å². The SMILES string of the molecule is C=N/C=C\C(COc1ccc(C(C)(C)c2ccc(OC3CC(Nc4ccc(C=O)c(C)c4)C3)cc2)cc1)=NC1CN(CCC)C1. The van der Waals surface area contributed by atoms with E-state index in [1.54, 1.807) is 6.20 Å². The Balaban J connectivity index is 1.11. The molecule has 7 heteroatoms. The minimum Gasteiger partial charge on any atom is -0.490 e. The van der Waals surface area contributed by atoms with Crippen molar-refractivity contribution < 1.29 is 14.3 Å². The molecular formula is C38H46N4O3. The van der Waals surface area contributed by atoms with Crippen LogP contribution in [0.3, 0.4) is 0 Å². The van der Waals surface area contributed by atoms with Crippen LogP contribution in [-0.4, -0.2) is 68.0 Å². The van der Waals surface area contributed by atoms with E-state index in [-0.39, 0.29) is 11.5 Å². The van der Waals surface area contributed by atoms with E-state index in [9.17, 15) is 4.79 Å². The van der Waals surface area contributed by atoms with Gasteiger partial charge in [-0.3, -0.25) is 19.7 Å². The largest absolute Gasteiger partial charge is 0.490 e. The van der Waals surface area contributed by atoms with Crippen molar-refractivity contribution in [2.45, 2.75) is 70.6 Å². The number of anilines is 1. The predicted molar refractivity (Wildman–Crippen MR) is 185 cm³/mol. The number of carbonyl (C=O) groups excluding carboxylic acids is 1. The lowest BCUT2D eigenvalue weighted by atomic mass is 9.78. The van der Waals surface area contributed by atoms with Gasteiger partial charge in [-0.05, 0) is 91.8 Å². The van der Waals surface area contributed by atoms with Crippen LogP contribution in [0.5, 0.6) is 11.5 Å². The number of nitrogens with zero attached hydrogens (tertiary/aromatic N) is 3. The number of ether oxygens (including phenoxy) is 2. The van der Waals surface area contributed by atoms with Crippen LogP contribution in [0.1, 0.15) is 67.1 Å². The molecule has 0 spiro atoms. The number of rotatable bonds is 15. The number of hydrogen-bond donors (Lipinski definition) is 1. The molecule has 45 heavy (non-hydrogen) atoms. The molecule has 2 fully saturated rings. The zero-order valence-electron chi connectivity index (χ0n) is 27.0. The monoisotopic (exact) mass is 606 g/mol. The summed E-state index contributed by atoms with van der Waals surface area (Å²) in [5.41, 5.74) is 5.90. The van der Waals surface area contributed by atoms with Crippen LogP contribution < -0.4 is 14.8 Å². The number of aldehydes is 1. The molecule has 0 atom stereocenters. The van der Waals surface area contributed by atoms with Crippen LogP contribution in [0.15, 0.2) is 89.0 Å². The highest BCUT2D eigenvalue weighted by Gasteiger charge is 2.31. The first-order valence-corrected chi connectivity index (χ1v) is 16.0. The zero-order valence-corrected chi connectivity index (χ0v) is 27.0. The van der Waals surface area contributed by atoms with Crippen molar-refractivity contribution in [3.8, 4) is 11.5 Å². The lowest BCUT2D eigenvalue weighted by molar-refractivity contribution is 0.108. The summed E-state index contributed by atoms with van der Waals surface area (Å²) in [6.45, 7) is 15.7. The van der Waals surface area contributed by atoms with Gasteiger partial charge in [0.15, 0.2) is 0 Å². The molecule has 2 aliphatic rings. The van der Waals surface area contributed by atoms with E-state index < -0.39 is 0 Å². The van der Waals surface area contributed by atoms with Crippen LogP contribution in [0.2, 0.25) is 0 Å². The third-order valence-electron chi connectivity index (χ3n) is 8.90. The summed E-state index contributed by atoms with van der Waals surface area (Å²) < 4.78 is 12.4. The Bertz CT molecular complexity index is 1500. The van der Waals surface area contributed by atoms with Gasteiger partial charge in [0.2, 0.25) is 0 Å². The maximum Gasteiger partial charge on any atom is 0.150 e. The maximum absolute atomic E-state index is 11.1. The molecule has 7 nitrogen and oxygen atoms in total. The second kappa shape index (κ2) is 14.7. The minimum absolute atomic E-state index is 0.181. The first-order chi connectivity index (χ1) is 21.8. The number of hydrogen-bond acceptors (Lipinski definition) is 7. The van der Waals surface area contributed by atoms with E-state index in [0.717, 1.165) is 72.8 Å². The standard InChI is InChI=1S/C38H46N4O3/c1-6-19-42-23-34(24-42)41-32(17-18-39-5)26-44-35-13-8-29(9-14-35)38(3,4)30-10-15-36(16-11-30)45-37-21-33(22-37)40-31-12-7-28(25-43)27(2)20-31/h7-18,20,25,33-34,37,40H,5-6,19,21-24,26H2,1-4H3/b18-17-,41-32?. The van der Waals surface area contributed by atoms with Gasteiger partial charge in [-0.2, -0.15) is 0 Å². The Kier molecular flexibility index (Phi) is 10.5. The molecule has 1 saturated heterocycles. The summed E-state index contributed by atoms with van der Waals surface area (Å²) in [5, 5.41) is 3.55. The second-order valence-electron chi connectivity index (χ2n) is 12.7. The number of benzene rings is 3. The summed E-state index contributed by atoms with van der Waals surface area (Å²) in [6.07, 6.45) is 7.72. The number of likely N-dealkylation sites (tertiary alicyclic amines) is 1. The summed E-state index contributed by atoms with van der Waals surface area (Å²) in [5.74, 6) is 1.71. The van der Waals surface area contributed by atoms with Crippen LogP contribution >= 0.6 is 0 Å². The summed E-state index contributed by atoms with van der Waals surface area (Å²) in [4.78, 5) is 22.2. The van der Waals surface area contributed by atoms with Crippen molar-refractivity contribution in [3.05, 3.63) is 101 Å². The summed E-state index contributed by atoms with van der Waals surface area (Å²) >= 11 is 0. The molecule has 0 amide bonds. The van der Waals surface area contributed by atoms with Gasteiger partial charge in [-0.1, -0.05) is 45.0 Å². The highest BCUT2D eigenvalue weighted by Crippen LogP contribution is 2.35. The number of nitrogens with one attached hydrogen (secondary N) is 1. The molecule has 1 aliphatic carbocycles. The zero-order chi connectivity index (χ0) is 31.8. The van der Waals surface area contributed by atoms with E-state index >= 15 is 0 Å². The maximum atomic E-state index is 11.1. The lowest BCUT2D eigenvalue weighted by Gasteiger charge is -2.36. The fraction of sp³-hybridized carbons (Fsp3) is 0.395. The molecule has 0 bridgehead atoms. The molecule has 1 saturated carbocycles. The average molecular weight is 607 g/mol. The molecule has 3 aromatic rings. The first kappa shape index (κ1) is 32.2. The van der Waals surface area contributed by atoms with Crippen LogP contribution in [-0.2, 0) is 5.41 Å². The molecule has 0 radical (unpaired) electrons. The van der Waals surface area contributed by atoms with Crippen molar-refractivity contribution >= 4 is 24.4 Å². The summed E-state index contributed by atoms with van der Waals surface area (Å²) in [7, 11) is 0. The average Bonchev–Trinajstić information content (AvgIpc) is 3.00. The van der Waals surface area contributed by atoms with Crippen molar-refractivity contribution in [1.82, 2.24) is 4.90 Å². The van der Waals surface area contributed by atoms with Gasteiger partial charge in [0, 0.05) is 54.8 Å². The van der Waals surface area contributed by atoms with Crippen molar-refractivity contribution in [1.29, 1.82) is 0 Å². The Morgan fingerprint density at radius 1 is 1.02 bits per heavy atom. The molecule has 0 unspecified atom stereocenters. The highest BCUT2D eigenvalue weighted by atomic mass is 16.5. The summed E-state index contributed by atoms with van der Waals surface area (Å²) in [6, 6.07) is 23.4. The number of aryl methyl sites for hydroxylation is 1. The van der Waals surface area contributed by atoms with Crippen molar-refractivity contribution in [2.75, 3.05) is 31.6 Å². The van der Waals surface area contributed by atoms with Gasteiger partial charge in [0.1, 0.15) is 30.5 Å². The highest BCUT2D eigenvalue weighted by molar-refractivity contribution is 5.96. The molecule has 1 heterocycles. The van der Waals surface area contributed by atoms with Gasteiger partial charge in [-0.15, -0.1) is 0 Å². The fourth-order valence-corrected chi connectivity index (χ4v) is 5.97. The number of aliphatic imine (C=N–C) groups is 2. The van der Waals surface area contributed by atoms with Gasteiger partial charge < -0.3 is 14.8 Å². The van der Waals surface area contributed by atoms with E-state index in [1.165, 1.54) is 17.5 Å². The Hall–Kier alpha value is -4.23. The third kappa shape index (κ3) is 8.28. The molecule has 0 aromatic heterocycles. The topological polar surface area (TPSA) is 75.5 Å². The van der Waals surface area contributed by atoms with Crippen LogP contribution in [0.4, 0.5) is 5.69 Å². The van der Waals surface area contributed by atoms with E-state index in [0.29, 0.717) is 18.7 Å². The molecule has 1 aliphatic heterocycles. The Morgan fingerprint density at radius 2 is 1.69 bits per heavy atom. The third-order valence-corrected chi connectivity index (χ3v) is 8.90. The van der Waals surface area contributed by atoms with Crippen molar-refractivity contribution in [2.24, 2.45) is 9.98 Å². The Morgan fingerprint density at radius 3 is 2.29 bits per heavy atom. The lowest BCUT2D eigenvalue weighted by Crippen LogP contribution is -2.50. The van der Waals surface area contributed by atoms with Crippen LogP contribution in [0, 0.1) is 6.92 Å². The number of carbonyl (C=O) groups is 1. The molecule has 3 aromatic carbocycles. The molecule has 5 rings (SSSR count). The van der Waals surface area contributed by atoms with Crippen molar-refractivity contribution in [3.63, 3.8) is 0 Å². The molecule has 1 N–H and O–H groups in total. The van der Waals surface area contributed by atoms with E-state index in [1.807, 2.05) is 43.3 Å². The minimum atomic E-state index is -0.181. The van der Waals surface area contributed by atoms with E-state index in [4.69, 9.17) is 14.5 Å². The second-order valence-corrected chi connectivity index (χ2v) is 12.7. The van der Waals surface area contributed by atoms with Gasteiger partial charge in [0.25, 0.3) is 0 Å². The van der Waals surface area contributed by atoms with Crippen LogP contribution in [0.25, 0.3) is 0 Å². The molecular weight excluding hydrogens is 560 g/mol. The predicted octanol–water partition coefficient (Wildman–Crippen LogP) is 7.28. The fourth-order valence-electron chi connectivity index (χ4n) is 5.97. The quantitative estimate of drug-likeness (QED) is 0.145.